The van der Waals surface area contributed by atoms with Gasteiger partial charge in [0.25, 0.3) is 0 Å². The van der Waals surface area contributed by atoms with Gasteiger partial charge in [0.05, 0.1) is 12.1 Å². The first-order chi connectivity index (χ1) is 7.28. The van der Waals surface area contributed by atoms with Crippen molar-refractivity contribution in [3.8, 4) is 5.75 Å². The predicted octanol–water partition coefficient (Wildman–Crippen LogP) is 3.05. The van der Waals surface area contributed by atoms with Crippen molar-refractivity contribution in [3.63, 3.8) is 0 Å². The van der Waals surface area contributed by atoms with Crippen LogP contribution in [-0.4, -0.2) is 12.1 Å². The van der Waals surface area contributed by atoms with Gasteiger partial charge in [-0.3, -0.25) is 0 Å². The molecule has 2 rings (SSSR count). The van der Waals surface area contributed by atoms with Crippen molar-refractivity contribution in [2.45, 2.75) is 13.3 Å². The van der Waals surface area contributed by atoms with Gasteiger partial charge in [0, 0.05) is 17.5 Å². The fraction of sp³-hybridized carbons (Fsp3) is 0.250. The molecule has 0 aliphatic carbocycles. The molecule has 0 aliphatic heterocycles. The maximum Gasteiger partial charge on any atom is 0.118 e. The Bertz CT molecular complexity index is 433. The van der Waals surface area contributed by atoms with E-state index in [0.717, 1.165) is 22.9 Å². The van der Waals surface area contributed by atoms with Crippen LogP contribution in [-0.2, 0) is 6.42 Å². The average molecular weight is 219 g/mol. The molecule has 0 amide bonds. The number of hydrogen-bond acceptors (Lipinski definition) is 3. The van der Waals surface area contributed by atoms with Crippen LogP contribution in [0.3, 0.4) is 0 Å². The van der Waals surface area contributed by atoms with Crippen molar-refractivity contribution in [2.75, 3.05) is 7.11 Å². The van der Waals surface area contributed by atoms with Crippen LogP contribution in [0, 0.1) is 6.92 Å². The van der Waals surface area contributed by atoms with E-state index in [1.165, 1.54) is 5.56 Å². The Morgan fingerprint density at radius 2 is 2.00 bits per heavy atom. The second-order valence-corrected chi connectivity index (χ2v) is 4.35. The largest absolute Gasteiger partial charge is 0.497 e. The van der Waals surface area contributed by atoms with Crippen LogP contribution in [0.4, 0.5) is 0 Å². The van der Waals surface area contributed by atoms with Gasteiger partial charge in [-0.15, -0.1) is 11.3 Å². The molecule has 0 saturated carbocycles. The van der Waals surface area contributed by atoms with Gasteiger partial charge in [-0.1, -0.05) is 12.1 Å². The second kappa shape index (κ2) is 4.45. The maximum absolute atomic E-state index is 5.11. The number of aromatic nitrogens is 1. The van der Waals surface area contributed by atoms with E-state index in [-0.39, 0.29) is 0 Å². The lowest BCUT2D eigenvalue weighted by atomic mass is 10.1. The maximum atomic E-state index is 5.11. The van der Waals surface area contributed by atoms with Crippen molar-refractivity contribution >= 4 is 11.3 Å². The third kappa shape index (κ3) is 2.57. The van der Waals surface area contributed by atoms with Gasteiger partial charge in [0.1, 0.15) is 5.75 Å². The van der Waals surface area contributed by atoms with E-state index in [9.17, 15) is 0 Å². The standard InChI is InChI=1S/C12H13NOS/c1-9-8-15-12(13-9)7-10-3-5-11(14-2)6-4-10/h3-6,8H,7H2,1-2H3. The van der Waals surface area contributed by atoms with Gasteiger partial charge in [-0.25, -0.2) is 4.98 Å². The van der Waals surface area contributed by atoms with Crippen LogP contribution < -0.4 is 4.74 Å². The zero-order chi connectivity index (χ0) is 10.7. The summed E-state index contributed by atoms with van der Waals surface area (Å²) in [5.74, 6) is 0.897. The number of hydrogen-bond donors (Lipinski definition) is 0. The van der Waals surface area contributed by atoms with Gasteiger partial charge >= 0.3 is 0 Å². The molecule has 2 nitrogen and oxygen atoms in total. The first kappa shape index (κ1) is 10.2. The van der Waals surface area contributed by atoms with E-state index < -0.39 is 0 Å². The molecule has 0 spiro atoms. The molecule has 15 heavy (non-hydrogen) atoms. The third-order valence-corrected chi connectivity index (χ3v) is 3.15. The van der Waals surface area contributed by atoms with Crippen LogP contribution in [0.2, 0.25) is 0 Å². The molecule has 2 aromatic rings. The highest BCUT2D eigenvalue weighted by atomic mass is 32.1. The van der Waals surface area contributed by atoms with E-state index in [2.05, 4.69) is 22.5 Å². The van der Waals surface area contributed by atoms with Crippen LogP contribution in [0.15, 0.2) is 29.6 Å². The lowest BCUT2D eigenvalue weighted by Gasteiger charge is -2.01. The van der Waals surface area contributed by atoms with Crippen molar-refractivity contribution in [3.05, 3.63) is 45.9 Å². The number of aryl methyl sites for hydroxylation is 1. The van der Waals surface area contributed by atoms with Crippen molar-refractivity contribution < 1.29 is 4.74 Å². The minimum Gasteiger partial charge on any atom is -0.497 e. The lowest BCUT2D eigenvalue weighted by Crippen LogP contribution is -1.88. The minimum absolute atomic E-state index is 0.897. The number of methoxy groups -OCH3 is 1. The molecule has 0 unspecified atom stereocenters. The van der Waals surface area contributed by atoms with Crippen LogP contribution in [0.5, 0.6) is 5.75 Å². The highest BCUT2D eigenvalue weighted by molar-refractivity contribution is 7.09. The van der Waals surface area contributed by atoms with Gasteiger partial charge in [-0.2, -0.15) is 0 Å². The summed E-state index contributed by atoms with van der Waals surface area (Å²) in [6.07, 6.45) is 0.905. The zero-order valence-corrected chi connectivity index (χ0v) is 9.67. The van der Waals surface area contributed by atoms with E-state index in [1.807, 2.05) is 19.1 Å². The molecular weight excluding hydrogens is 206 g/mol. The Morgan fingerprint density at radius 3 is 2.53 bits per heavy atom. The SMILES string of the molecule is COc1ccc(Cc2nc(C)cs2)cc1. The van der Waals surface area contributed by atoms with Crippen LogP contribution in [0.1, 0.15) is 16.3 Å². The molecule has 0 fully saturated rings. The van der Waals surface area contributed by atoms with Crippen LogP contribution in [0.25, 0.3) is 0 Å². The molecule has 0 atom stereocenters. The summed E-state index contributed by atoms with van der Waals surface area (Å²) in [5, 5.41) is 3.25. The summed E-state index contributed by atoms with van der Waals surface area (Å²) in [4.78, 5) is 4.44. The predicted molar refractivity (Wildman–Crippen MR) is 62.7 cm³/mol. The van der Waals surface area contributed by atoms with Gasteiger partial charge in [-0.05, 0) is 24.6 Å². The Kier molecular flexibility index (Phi) is 3.02. The number of nitrogens with zero attached hydrogens (tertiary/aromatic N) is 1. The summed E-state index contributed by atoms with van der Waals surface area (Å²) in [5.41, 5.74) is 2.37. The molecule has 1 heterocycles. The van der Waals surface area contributed by atoms with Gasteiger partial charge in [0.15, 0.2) is 0 Å². The highest BCUT2D eigenvalue weighted by Gasteiger charge is 2.00. The molecule has 3 heteroatoms. The summed E-state index contributed by atoms with van der Waals surface area (Å²) >= 11 is 1.71. The first-order valence-corrected chi connectivity index (χ1v) is 5.70. The first-order valence-electron chi connectivity index (χ1n) is 4.82. The zero-order valence-electron chi connectivity index (χ0n) is 8.86. The van der Waals surface area contributed by atoms with E-state index >= 15 is 0 Å². The summed E-state index contributed by atoms with van der Waals surface area (Å²) in [7, 11) is 1.68. The van der Waals surface area contributed by atoms with Crippen molar-refractivity contribution in [1.29, 1.82) is 0 Å². The fourth-order valence-electron chi connectivity index (χ4n) is 1.40. The number of rotatable bonds is 3. The number of thiazole rings is 1. The molecule has 1 aromatic carbocycles. The van der Waals surface area contributed by atoms with E-state index in [1.54, 1.807) is 18.4 Å². The van der Waals surface area contributed by atoms with Crippen LogP contribution >= 0.6 is 11.3 Å². The molecular formula is C12H13NOS. The lowest BCUT2D eigenvalue weighted by molar-refractivity contribution is 0.414. The van der Waals surface area contributed by atoms with Crippen molar-refractivity contribution in [2.24, 2.45) is 0 Å². The summed E-state index contributed by atoms with van der Waals surface area (Å²) in [6, 6.07) is 8.12. The van der Waals surface area contributed by atoms with Crippen molar-refractivity contribution in [1.82, 2.24) is 4.98 Å². The quantitative estimate of drug-likeness (QED) is 0.791. The summed E-state index contributed by atoms with van der Waals surface area (Å²) < 4.78 is 5.11. The normalized spacial score (nSPS) is 10.3. The molecule has 0 saturated heterocycles. The topological polar surface area (TPSA) is 22.1 Å². The number of ether oxygens (including phenoxy) is 1. The third-order valence-electron chi connectivity index (χ3n) is 2.18. The molecule has 0 N–H and O–H groups in total. The van der Waals surface area contributed by atoms with Gasteiger partial charge in [0.2, 0.25) is 0 Å². The molecule has 78 valence electrons. The minimum atomic E-state index is 0.897. The number of benzene rings is 1. The van der Waals surface area contributed by atoms with E-state index in [0.29, 0.717) is 0 Å². The smallest absolute Gasteiger partial charge is 0.118 e. The van der Waals surface area contributed by atoms with Gasteiger partial charge < -0.3 is 4.74 Å². The Labute approximate surface area is 93.6 Å². The Morgan fingerprint density at radius 1 is 1.27 bits per heavy atom. The van der Waals surface area contributed by atoms with E-state index in [4.69, 9.17) is 4.74 Å². The average Bonchev–Trinajstić information content (AvgIpc) is 2.65. The molecule has 0 bridgehead atoms. The second-order valence-electron chi connectivity index (χ2n) is 3.41. The molecule has 1 aromatic heterocycles. The fourth-order valence-corrected chi connectivity index (χ4v) is 2.21. The Balaban J connectivity index is 2.11. The summed E-state index contributed by atoms with van der Waals surface area (Å²) in [6.45, 7) is 2.02. The monoisotopic (exact) mass is 219 g/mol. The molecule has 0 aliphatic rings. The highest BCUT2D eigenvalue weighted by Crippen LogP contribution is 2.17. The Hall–Kier alpha value is -1.35. The molecule has 0 radical (unpaired) electrons.